The van der Waals surface area contributed by atoms with Gasteiger partial charge in [0.25, 0.3) is 5.91 Å². The largest absolute Gasteiger partial charge is 0.484 e. The number of rotatable bonds is 7. The number of nitrogens with one attached hydrogen (secondary N) is 3. The number of fused-ring (bicyclic) bond motifs is 1. The smallest absolute Gasteiger partial charge is 0.276 e. The van der Waals surface area contributed by atoms with Gasteiger partial charge in [-0.3, -0.25) is 20.4 Å². The summed E-state index contributed by atoms with van der Waals surface area (Å²) in [4.78, 5) is 26.9. The van der Waals surface area contributed by atoms with Gasteiger partial charge in [0.1, 0.15) is 5.75 Å². The Morgan fingerprint density at radius 3 is 2.52 bits per heavy atom. The van der Waals surface area contributed by atoms with Crippen LogP contribution in [0.15, 0.2) is 54.7 Å². The third kappa shape index (κ3) is 5.10. The minimum absolute atomic E-state index is 0.159. The fourth-order valence-electron chi connectivity index (χ4n) is 2.79. The molecule has 1 aromatic heterocycles. The summed E-state index contributed by atoms with van der Waals surface area (Å²) in [7, 11) is 0. The maximum atomic E-state index is 11.9. The molecule has 140 valence electrons. The SMILES string of the molecule is CCc1ccc(OCC(=O)NNC(=O)CCc2c[nH]c3ccccc23)cc1. The maximum absolute atomic E-state index is 11.9. The van der Waals surface area contributed by atoms with Crippen LogP contribution in [0.5, 0.6) is 5.75 Å². The molecule has 2 aromatic carbocycles. The van der Waals surface area contributed by atoms with Crippen molar-refractivity contribution in [1.29, 1.82) is 0 Å². The van der Waals surface area contributed by atoms with Gasteiger partial charge in [-0.15, -0.1) is 0 Å². The molecule has 3 aromatic rings. The molecular weight excluding hydrogens is 342 g/mol. The zero-order valence-corrected chi connectivity index (χ0v) is 15.2. The fraction of sp³-hybridized carbons (Fsp3) is 0.238. The van der Waals surface area contributed by atoms with Crippen LogP contribution in [0.25, 0.3) is 10.9 Å². The molecule has 6 heteroatoms. The molecule has 0 aliphatic rings. The van der Waals surface area contributed by atoms with Crippen molar-refractivity contribution in [3.63, 3.8) is 0 Å². The van der Waals surface area contributed by atoms with Gasteiger partial charge in [-0.25, -0.2) is 0 Å². The molecular formula is C21H23N3O3. The van der Waals surface area contributed by atoms with Crippen molar-refractivity contribution < 1.29 is 14.3 Å². The number of carbonyl (C=O) groups excluding carboxylic acids is 2. The normalized spacial score (nSPS) is 10.6. The Morgan fingerprint density at radius 1 is 1.00 bits per heavy atom. The molecule has 6 nitrogen and oxygen atoms in total. The number of amides is 2. The summed E-state index contributed by atoms with van der Waals surface area (Å²) in [5.74, 6) is -0.0380. The van der Waals surface area contributed by atoms with Gasteiger partial charge in [0.2, 0.25) is 5.91 Å². The first kappa shape index (κ1) is 18.5. The first-order valence-corrected chi connectivity index (χ1v) is 9.00. The van der Waals surface area contributed by atoms with Crippen molar-refractivity contribution in [2.75, 3.05) is 6.61 Å². The van der Waals surface area contributed by atoms with Crippen molar-refractivity contribution in [3.05, 3.63) is 65.9 Å². The van der Waals surface area contributed by atoms with Crippen LogP contribution < -0.4 is 15.6 Å². The van der Waals surface area contributed by atoms with Crippen molar-refractivity contribution >= 4 is 22.7 Å². The van der Waals surface area contributed by atoms with Gasteiger partial charge in [-0.2, -0.15) is 0 Å². The number of hydrogen-bond donors (Lipinski definition) is 3. The Kier molecular flexibility index (Phi) is 6.10. The van der Waals surface area contributed by atoms with E-state index < -0.39 is 5.91 Å². The standard InChI is InChI=1S/C21H23N3O3/c1-2-15-7-10-17(11-8-15)27-14-21(26)24-23-20(25)12-9-16-13-22-19-6-4-3-5-18(16)19/h3-8,10-11,13,22H,2,9,12,14H2,1H3,(H,23,25)(H,24,26). The van der Waals surface area contributed by atoms with E-state index >= 15 is 0 Å². The highest BCUT2D eigenvalue weighted by atomic mass is 16.5. The first-order valence-electron chi connectivity index (χ1n) is 9.00. The Labute approximate surface area is 157 Å². The molecule has 0 aliphatic heterocycles. The Morgan fingerprint density at radius 2 is 1.74 bits per heavy atom. The molecule has 1 heterocycles. The predicted octanol–water partition coefficient (Wildman–Crippen LogP) is 2.89. The topological polar surface area (TPSA) is 83.2 Å². The summed E-state index contributed by atoms with van der Waals surface area (Å²) in [5.41, 5.74) is 8.11. The number of benzene rings is 2. The molecule has 0 spiro atoms. The number of para-hydroxylation sites is 1. The van der Waals surface area contributed by atoms with E-state index in [0.29, 0.717) is 12.2 Å². The Balaban J connectivity index is 1.38. The second kappa shape index (κ2) is 8.89. The van der Waals surface area contributed by atoms with Crippen LogP contribution in [0, 0.1) is 0 Å². The van der Waals surface area contributed by atoms with E-state index in [1.54, 1.807) is 0 Å². The molecule has 3 rings (SSSR count). The van der Waals surface area contributed by atoms with E-state index in [1.165, 1.54) is 5.56 Å². The van der Waals surface area contributed by atoms with Crippen molar-refractivity contribution in [3.8, 4) is 5.75 Å². The number of aromatic nitrogens is 1. The molecule has 27 heavy (non-hydrogen) atoms. The zero-order chi connectivity index (χ0) is 19.1. The average molecular weight is 365 g/mol. The molecule has 0 atom stereocenters. The van der Waals surface area contributed by atoms with E-state index in [9.17, 15) is 9.59 Å². The number of hydrogen-bond acceptors (Lipinski definition) is 3. The lowest BCUT2D eigenvalue weighted by molar-refractivity contribution is -0.130. The number of hydrazine groups is 1. The summed E-state index contributed by atoms with van der Waals surface area (Å²) in [5, 5.41) is 1.11. The van der Waals surface area contributed by atoms with Crippen molar-refractivity contribution in [2.45, 2.75) is 26.2 Å². The maximum Gasteiger partial charge on any atom is 0.276 e. The summed E-state index contributed by atoms with van der Waals surface area (Å²) in [6.45, 7) is 1.92. The number of carbonyl (C=O) groups is 2. The lowest BCUT2D eigenvalue weighted by atomic mass is 10.1. The van der Waals surface area contributed by atoms with E-state index in [-0.39, 0.29) is 18.9 Å². The van der Waals surface area contributed by atoms with Gasteiger partial charge < -0.3 is 9.72 Å². The molecule has 3 N–H and O–H groups in total. The second-order valence-corrected chi connectivity index (χ2v) is 6.24. The van der Waals surface area contributed by atoms with Gasteiger partial charge in [0.05, 0.1) is 0 Å². The van der Waals surface area contributed by atoms with Crippen molar-refractivity contribution in [2.24, 2.45) is 0 Å². The third-order valence-corrected chi connectivity index (χ3v) is 4.34. The molecule has 0 bridgehead atoms. The Hall–Kier alpha value is -3.28. The molecule has 0 unspecified atom stereocenters. The third-order valence-electron chi connectivity index (χ3n) is 4.34. The lowest BCUT2D eigenvalue weighted by Crippen LogP contribution is -2.43. The van der Waals surface area contributed by atoms with E-state index in [4.69, 9.17) is 4.74 Å². The van der Waals surface area contributed by atoms with Crippen LogP contribution in [-0.4, -0.2) is 23.4 Å². The quantitative estimate of drug-likeness (QED) is 0.563. The van der Waals surface area contributed by atoms with E-state index in [1.807, 2.05) is 54.7 Å². The zero-order valence-electron chi connectivity index (χ0n) is 15.2. The monoisotopic (exact) mass is 365 g/mol. The van der Waals surface area contributed by atoms with Crippen LogP contribution in [0.3, 0.4) is 0 Å². The van der Waals surface area contributed by atoms with Crippen molar-refractivity contribution in [1.82, 2.24) is 15.8 Å². The van der Waals surface area contributed by atoms with Crippen LogP contribution in [0.2, 0.25) is 0 Å². The van der Waals surface area contributed by atoms with Gasteiger partial charge in [0.15, 0.2) is 6.61 Å². The summed E-state index contributed by atoms with van der Waals surface area (Å²) in [6, 6.07) is 15.5. The van der Waals surface area contributed by atoms with Gasteiger partial charge in [-0.1, -0.05) is 37.3 Å². The average Bonchev–Trinajstić information content (AvgIpc) is 3.12. The highest BCUT2D eigenvalue weighted by molar-refractivity contribution is 5.85. The van der Waals surface area contributed by atoms with Crippen LogP contribution in [0.4, 0.5) is 0 Å². The highest BCUT2D eigenvalue weighted by Crippen LogP contribution is 2.18. The van der Waals surface area contributed by atoms with E-state index in [0.717, 1.165) is 22.9 Å². The second-order valence-electron chi connectivity index (χ2n) is 6.24. The molecule has 0 saturated heterocycles. The number of aromatic amines is 1. The molecule has 0 radical (unpaired) electrons. The minimum atomic E-state index is -0.407. The molecule has 0 saturated carbocycles. The molecule has 2 amide bonds. The summed E-state index contributed by atoms with van der Waals surface area (Å²) >= 11 is 0. The van der Waals surface area contributed by atoms with Gasteiger partial charge >= 0.3 is 0 Å². The van der Waals surface area contributed by atoms with Gasteiger partial charge in [-0.05, 0) is 42.2 Å². The fourth-order valence-corrected chi connectivity index (χ4v) is 2.79. The van der Waals surface area contributed by atoms with Crippen LogP contribution in [-0.2, 0) is 22.4 Å². The summed E-state index contributed by atoms with van der Waals surface area (Å²) in [6.07, 6.45) is 3.73. The minimum Gasteiger partial charge on any atom is -0.484 e. The number of aryl methyl sites for hydroxylation is 2. The number of H-pyrrole nitrogens is 1. The van der Waals surface area contributed by atoms with Crippen LogP contribution >= 0.6 is 0 Å². The summed E-state index contributed by atoms with van der Waals surface area (Å²) < 4.78 is 5.40. The lowest BCUT2D eigenvalue weighted by Gasteiger charge is -2.09. The highest BCUT2D eigenvalue weighted by Gasteiger charge is 2.08. The Bertz CT molecular complexity index is 916. The molecule has 0 aliphatic carbocycles. The molecule has 0 fully saturated rings. The predicted molar refractivity (Wildman–Crippen MR) is 104 cm³/mol. The van der Waals surface area contributed by atoms with E-state index in [2.05, 4.69) is 22.8 Å². The first-order chi connectivity index (χ1) is 13.2. The van der Waals surface area contributed by atoms with Gasteiger partial charge in [0, 0.05) is 23.5 Å². The van der Waals surface area contributed by atoms with Crippen LogP contribution in [0.1, 0.15) is 24.5 Å². The number of ether oxygens (including phenoxy) is 1.